The predicted octanol–water partition coefficient (Wildman–Crippen LogP) is 1.02. The minimum absolute atomic E-state index is 0.0638. The van der Waals surface area contributed by atoms with Gasteiger partial charge in [0.05, 0.1) is 38.0 Å². The van der Waals surface area contributed by atoms with Crippen molar-refractivity contribution >= 4 is 23.5 Å². The summed E-state index contributed by atoms with van der Waals surface area (Å²) in [5, 5.41) is 7.34. The van der Waals surface area contributed by atoms with Gasteiger partial charge in [-0.3, -0.25) is 0 Å². The van der Waals surface area contributed by atoms with Crippen molar-refractivity contribution in [2.75, 3.05) is 21.3 Å². The topological polar surface area (TPSA) is 104 Å². The first-order valence-electron chi connectivity index (χ1n) is 6.03. The first-order valence-corrected chi connectivity index (χ1v) is 6.03. The fourth-order valence-corrected chi connectivity index (χ4v) is 1.29. The molecule has 0 spiro atoms. The van der Waals surface area contributed by atoms with Gasteiger partial charge in [0.15, 0.2) is 0 Å². The average molecular weight is 308 g/mol. The number of ether oxygens (including phenoxy) is 2. The maximum absolute atomic E-state index is 11.8. The van der Waals surface area contributed by atoms with Gasteiger partial charge in [-0.05, 0) is 6.92 Å². The first kappa shape index (κ1) is 17.1. The highest BCUT2D eigenvalue weighted by molar-refractivity contribution is 6.29. The van der Waals surface area contributed by atoms with E-state index in [4.69, 9.17) is 9.57 Å². The Morgan fingerprint density at radius 1 is 1.32 bits per heavy atom. The zero-order valence-corrected chi connectivity index (χ0v) is 12.6. The molecule has 118 valence electrons. The van der Waals surface area contributed by atoms with Crippen LogP contribution < -0.4 is 4.84 Å². The van der Waals surface area contributed by atoms with Crippen molar-refractivity contribution in [1.82, 2.24) is 9.97 Å². The zero-order chi connectivity index (χ0) is 16.4. The highest BCUT2D eigenvalue weighted by atomic mass is 16.6. The van der Waals surface area contributed by atoms with Gasteiger partial charge in [0.25, 0.3) is 5.88 Å². The Morgan fingerprint density at radius 3 is 2.73 bits per heavy atom. The van der Waals surface area contributed by atoms with Crippen LogP contribution in [0, 0.1) is 0 Å². The quantitative estimate of drug-likeness (QED) is 0.243. The first-order chi connectivity index (χ1) is 10.6. The summed E-state index contributed by atoms with van der Waals surface area (Å²) in [6, 6.07) is 0. The van der Waals surface area contributed by atoms with Crippen molar-refractivity contribution in [3.63, 3.8) is 0 Å². The molecule has 0 amide bonds. The molecule has 0 aromatic carbocycles. The number of rotatable bonds is 7. The van der Waals surface area contributed by atoms with E-state index in [9.17, 15) is 4.79 Å². The van der Waals surface area contributed by atoms with E-state index >= 15 is 0 Å². The maximum Gasteiger partial charge on any atom is 0.341 e. The third-order valence-corrected chi connectivity index (χ3v) is 2.23. The predicted molar refractivity (Wildman–Crippen MR) is 78.3 cm³/mol. The number of carbonyl (C=O) groups is 1. The number of oxime groups is 2. The fourth-order valence-electron chi connectivity index (χ4n) is 1.29. The standard InChI is InChI=1S/C13H16N4O5/c1-9(5-16-21-4)17-22-12-10(6-14-8-15-12)11(7-19-2)13(18)20-3/h5-8H,1-4H3/b11-7+,16-5?,17-9+. The van der Waals surface area contributed by atoms with Gasteiger partial charge in [-0.2, -0.15) is 4.98 Å². The van der Waals surface area contributed by atoms with E-state index in [1.54, 1.807) is 6.92 Å². The minimum Gasteiger partial charge on any atom is -0.503 e. The van der Waals surface area contributed by atoms with Crippen molar-refractivity contribution in [1.29, 1.82) is 0 Å². The molecular formula is C13H16N4O5. The molecule has 1 aromatic rings. The van der Waals surface area contributed by atoms with Gasteiger partial charge in [0.1, 0.15) is 19.0 Å². The summed E-state index contributed by atoms with van der Waals surface area (Å²) in [7, 11) is 4.06. The molecule has 0 atom stereocenters. The van der Waals surface area contributed by atoms with Crippen LogP contribution in [0.4, 0.5) is 0 Å². The summed E-state index contributed by atoms with van der Waals surface area (Å²) >= 11 is 0. The van der Waals surface area contributed by atoms with E-state index in [1.165, 1.54) is 46.3 Å². The van der Waals surface area contributed by atoms with Crippen LogP contribution in [0.15, 0.2) is 29.1 Å². The lowest BCUT2D eigenvalue weighted by Gasteiger charge is -2.07. The molecule has 0 radical (unpaired) electrons. The Bertz CT molecular complexity index is 598. The van der Waals surface area contributed by atoms with Crippen LogP contribution in [0.1, 0.15) is 12.5 Å². The molecule has 0 aliphatic rings. The Hall–Kier alpha value is -2.97. The average Bonchev–Trinajstić information content (AvgIpc) is 2.55. The zero-order valence-electron chi connectivity index (χ0n) is 12.6. The summed E-state index contributed by atoms with van der Waals surface area (Å²) in [6.07, 6.45) is 5.21. The van der Waals surface area contributed by atoms with Crippen molar-refractivity contribution in [2.45, 2.75) is 6.92 Å². The maximum atomic E-state index is 11.8. The number of carbonyl (C=O) groups excluding carboxylic acids is 1. The monoisotopic (exact) mass is 308 g/mol. The number of methoxy groups -OCH3 is 2. The minimum atomic E-state index is -0.622. The molecule has 0 saturated carbocycles. The van der Waals surface area contributed by atoms with Crippen molar-refractivity contribution in [2.24, 2.45) is 10.3 Å². The van der Waals surface area contributed by atoms with E-state index in [0.29, 0.717) is 5.71 Å². The lowest BCUT2D eigenvalue weighted by molar-refractivity contribution is -0.133. The third kappa shape index (κ3) is 4.85. The van der Waals surface area contributed by atoms with Crippen molar-refractivity contribution < 1.29 is 23.9 Å². The van der Waals surface area contributed by atoms with Gasteiger partial charge in [0.2, 0.25) is 0 Å². The molecule has 0 saturated heterocycles. The Kier molecular flexibility index (Phi) is 7.03. The van der Waals surface area contributed by atoms with Crippen LogP contribution in [-0.2, 0) is 19.1 Å². The van der Waals surface area contributed by atoms with Crippen LogP contribution in [-0.4, -0.2) is 49.2 Å². The molecule has 0 fully saturated rings. The van der Waals surface area contributed by atoms with Crippen molar-refractivity contribution in [3.8, 4) is 5.88 Å². The molecule has 9 nitrogen and oxygen atoms in total. The lowest BCUT2D eigenvalue weighted by Crippen LogP contribution is -2.07. The molecule has 1 rings (SSSR count). The summed E-state index contributed by atoms with van der Waals surface area (Å²) in [4.78, 5) is 29.3. The molecule has 0 bridgehead atoms. The molecule has 22 heavy (non-hydrogen) atoms. The second-order valence-corrected chi connectivity index (χ2v) is 3.74. The summed E-state index contributed by atoms with van der Waals surface area (Å²) < 4.78 is 9.55. The van der Waals surface area contributed by atoms with E-state index in [-0.39, 0.29) is 17.0 Å². The molecule has 1 heterocycles. The van der Waals surface area contributed by atoms with Crippen LogP contribution in [0.2, 0.25) is 0 Å². The van der Waals surface area contributed by atoms with Gasteiger partial charge in [-0.1, -0.05) is 10.3 Å². The SMILES string of the molecule is CO/C=C(/C(=O)OC)c1cncnc1O/N=C(\C)C=NOC. The van der Waals surface area contributed by atoms with Crippen LogP contribution in [0.3, 0.4) is 0 Å². The molecular weight excluding hydrogens is 292 g/mol. The van der Waals surface area contributed by atoms with Gasteiger partial charge >= 0.3 is 5.97 Å². The number of aromatic nitrogens is 2. The second-order valence-electron chi connectivity index (χ2n) is 3.74. The second kappa shape index (κ2) is 9.06. The van der Waals surface area contributed by atoms with Gasteiger partial charge in [0, 0.05) is 6.20 Å². The Labute approximate surface area is 127 Å². The van der Waals surface area contributed by atoms with Crippen LogP contribution >= 0.6 is 0 Å². The van der Waals surface area contributed by atoms with Crippen LogP contribution in [0.25, 0.3) is 5.57 Å². The fraction of sp³-hybridized carbons (Fsp3) is 0.308. The smallest absolute Gasteiger partial charge is 0.341 e. The summed E-state index contributed by atoms with van der Waals surface area (Å²) in [5.41, 5.74) is 0.803. The Morgan fingerprint density at radius 2 is 2.09 bits per heavy atom. The Balaban J connectivity index is 3.10. The van der Waals surface area contributed by atoms with E-state index in [1.807, 2.05) is 0 Å². The summed E-state index contributed by atoms with van der Waals surface area (Å²) in [5.74, 6) is -0.558. The van der Waals surface area contributed by atoms with Gasteiger partial charge in [-0.25, -0.2) is 9.78 Å². The normalized spacial score (nSPS) is 12.2. The van der Waals surface area contributed by atoms with E-state index < -0.39 is 5.97 Å². The molecule has 0 aliphatic heterocycles. The highest BCUT2D eigenvalue weighted by Gasteiger charge is 2.19. The third-order valence-electron chi connectivity index (χ3n) is 2.23. The molecule has 0 unspecified atom stereocenters. The molecule has 0 aliphatic carbocycles. The van der Waals surface area contributed by atoms with E-state index in [0.717, 1.165) is 0 Å². The number of nitrogens with zero attached hydrogens (tertiary/aromatic N) is 4. The number of hydrogen-bond acceptors (Lipinski definition) is 9. The molecule has 0 N–H and O–H groups in total. The number of esters is 1. The molecule has 1 aromatic heterocycles. The van der Waals surface area contributed by atoms with Gasteiger partial charge in [-0.15, -0.1) is 0 Å². The lowest BCUT2D eigenvalue weighted by atomic mass is 10.1. The van der Waals surface area contributed by atoms with E-state index in [2.05, 4.69) is 29.9 Å². The van der Waals surface area contributed by atoms with Crippen LogP contribution in [0.5, 0.6) is 5.88 Å². The highest BCUT2D eigenvalue weighted by Crippen LogP contribution is 2.24. The van der Waals surface area contributed by atoms with Crippen molar-refractivity contribution in [3.05, 3.63) is 24.3 Å². The molecule has 9 heteroatoms. The largest absolute Gasteiger partial charge is 0.503 e. The summed E-state index contributed by atoms with van der Waals surface area (Å²) in [6.45, 7) is 1.65. The van der Waals surface area contributed by atoms with Gasteiger partial charge < -0.3 is 19.1 Å². The number of hydrogen-bond donors (Lipinski definition) is 0.